The zero-order valence-electron chi connectivity index (χ0n) is 11.5. The minimum absolute atomic E-state index is 0.187. The lowest BCUT2D eigenvalue weighted by Crippen LogP contribution is -2.37. The van der Waals surface area contributed by atoms with E-state index < -0.39 is 5.97 Å². The van der Waals surface area contributed by atoms with Gasteiger partial charge in [-0.2, -0.15) is 0 Å². The van der Waals surface area contributed by atoms with E-state index in [4.69, 9.17) is 9.84 Å². The number of unbranched alkanes of at least 4 members (excludes halogenated alkanes) is 2. The summed E-state index contributed by atoms with van der Waals surface area (Å²) in [5.74, 6) is -0.777. The minimum atomic E-state index is -0.777. The van der Waals surface area contributed by atoms with Crippen molar-refractivity contribution >= 4 is 12.0 Å². The number of rotatable bonds is 11. The van der Waals surface area contributed by atoms with Crippen LogP contribution in [0.15, 0.2) is 12.2 Å². The Morgan fingerprint density at radius 3 is 2.47 bits per heavy atom. The minimum Gasteiger partial charge on any atom is -0.481 e. The lowest BCUT2D eigenvalue weighted by molar-refractivity contribution is -0.137. The maximum atomic E-state index is 11.3. The van der Waals surface area contributed by atoms with Crippen LogP contribution in [0.25, 0.3) is 0 Å². The third kappa shape index (κ3) is 14.4. The Hall–Kier alpha value is -1.56. The SMILES string of the molecule is C=C(C)COCCNC(=O)NCCCCCC(=O)O. The Morgan fingerprint density at radius 1 is 1.16 bits per heavy atom. The molecule has 0 heterocycles. The second-order valence-corrected chi connectivity index (χ2v) is 4.40. The summed E-state index contributed by atoms with van der Waals surface area (Å²) >= 11 is 0. The molecule has 0 fully saturated rings. The number of hydrogen-bond donors (Lipinski definition) is 3. The topological polar surface area (TPSA) is 87.7 Å². The van der Waals surface area contributed by atoms with Gasteiger partial charge in [0.25, 0.3) is 0 Å². The fourth-order valence-corrected chi connectivity index (χ4v) is 1.33. The summed E-state index contributed by atoms with van der Waals surface area (Å²) < 4.78 is 5.23. The van der Waals surface area contributed by atoms with Gasteiger partial charge in [0.1, 0.15) is 0 Å². The van der Waals surface area contributed by atoms with Crippen molar-refractivity contribution in [1.82, 2.24) is 10.6 Å². The number of nitrogens with one attached hydrogen (secondary N) is 2. The number of carbonyl (C=O) groups is 2. The molecule has 0 saturated carbocycles. The fraction of sp³-hybridized carbons (Fsp3) is 0.692. The molecule has 19 heavy (non-hydrogen) atoms. The van der Waals surface area contributed by atoms with Gasteiger partial charge >= 0.3 is 12.0 Å². The number of carboxylic acid groups (broad SMARTS) is 1. The zero-order valence-corrected chi connectivity index (χ0v) is 11.5. The predicted octanol–water partition coefficient (Wildman–Crippen LogP) is 1.52. The van der Waals surface area contributed by atoms with Crippen LogP contribution < -0.4 is 10.6 Å². The molecule has 6 heteroatoms. The number of aliphatic carboxylic acids is 1. The van der Waals surface area contributed by atoms with Crippen LogP contribution in [0.4, 0.5) is 4.79 Å². The van der Waals surface area contributed by atoms with E-state index in [1.54, 1.807) is 0 Å². The van der Waals surface area contributed by atoms with Gasteiger partial charge in [0.2, 0.25) is 0 Å². The average molecular weight is 272 g/mol. The third-order valence-electron chi connectivity index (χ3n) is 2.23. The summed E-state index contributed by atoms with van der Waals surface area (Å²) in [6.07, 6.45) is 2.42. The van der Waals surface area contributed by atoms with Crippen LogP contribution >= 0.6 is 0 Å². The van der Waals surface area contributed by atoms with E-state index >= 15 is 0 Å². The first-order valence-electron chi connectivity index (χ1n) is 6.48. The molecule has 3 N–H and O–H groups in total. The largest absolute Gasteiger partial charge is 0.481 e. The van der Waals surface area contributed by atoms with Crippen molar-refractivity contribution in [3.63, 3.8) is 0 Å². The van der Waals surface area contributed by atoms with E-state index in [0.29, 0.717) is 32.7 Å². The van der Waals surface area contributed by atoms with Crippen molar-refractivity contribution < 1.29 is 19.4 Å². The van der Waals surface area contributed by atoms with Gasteiger partial charge in [-0.05, 0) is 19.8 Å². The summed E-state index contributed by atoms with van der Waals surface area (Å²) in [5, 5.41) is 13.8. The Bertz CT molecular complexity index is 292. The Balaban J connectivity index is 3.26. The van der Waals surface area contributed by atoms with E-state index in [2.05, 4.69) is 17.2 Å². The van der Waals surface area contributed by atoms with E-state index in [0.717, 1.165) is 18.4 Å². The first-order valence-corrected chi connectivity index (χ1v) is 6.48. The molecule has 0 aliphatic rings. The number of amides is 2. The number of urea groups is 1. The average Bonchev–Trinajstić information content (AvgIpc) is 2.32. The van der Waals surface area contributed by atoms with E-state index in [-0.39, 0.29) is 12.5 Å². The first-order chi connectivity index (χ1) is 9.02. The van der Waals surface area contributed by atoms with Gasteiger partial charge in [-0.25, -0.2) is 4.79 Å². The highest BCUT2D eigenvalue weighted by atomic mass is 16.5. The van der Waals surface area contributed by atoms with Crippen molar-refractivity contribution in [2.24, 2.45) is 0 Å². The lowest BCUT2D eigenvalue weighted by atomic mass is 10.2. The molecular formula is C13H24N2O4. The number of hydrogen-bond acceptors (Lipinski definition) is 3. The van der Waals surface area contributed by atoms with Gasteiger partial charge in [-0.15, -0.1) is 0 Å². The molecule has 0 aliphatic carbocycles. The highest BCUT2D eigenvalue weighted by molar-refractivity contribution is 5.73. The van der Waals surface area contributed by atoms with Crippen LogP contribution in [0.3, 0.4) is 0 Å². The molecule has 0 aromatic rings. The smallest absolute Gasteiger partial charge is 0.314 e. The lowest BCUT2D eigenvalue weighted by Gasteiger charge is -2.08. The van der Waals surface area contributed by atoms with Crippen molar-refractivity contribution in [2.45, 2.75) is 32.6 Å². The maximum absolute atomic E-state index is 11.3. The second kappa shape index (κ2) is 11.5. The van der Waals surface area contributed by atoms with Crippen LogP contribution in [-0.2, 0) is 9.53 Å². The molecule has 0 aromatic heterocycles. The Morgan fingerprint density at radius 2 is 1.84 bits per heavy atom. The summed E-state index contributed by atoms with van der Waals surface area (Å²) in [6.45, 7) is 7.56. The van der Waals surface area contributed by atoms with E-state index in [1.165, 1.54) is 0 Å². The second-order valence-electron chi connectivity index (χ2n) is 4.40. The van der Waals surface area contributed by atoms with Gasteiger partial charge in [0.05, 0.1) is 13.2 Å². The van der Waals surface area contributed by atoms with Crippen molar-refractivity contribution in [3.05, 3.63) is 12.2 Å². The van der Waals surface area contributed by atoms with Crippen LogP contribution in [-0.4, -0.2) is 43.4 Å². The molecule has 2 amide bonds. The molecule has 0 radical (unpaired) electrons. The highest BCUT2D eigenvalue weighted by Crippen LogP contribution is 1.98. The maximum Gasteiger partial charge on any atom is 0.314 e. The first kappa shape index (κ1) is 17.4. The van der Waals surface area contributed by atoms with Crippen LogP contribution in [0.2, 0.25) is 0 Å². The molecule has 0 aromatic carbocycles. The quantitative estimate of drug-likeness (QED) is 0.393. The van der Waals surface area contributed by atoms with Gasteiger partial charge in [-0.3, -0.25) is 4.79 Å². The van der Waals surface area contributed by atoms with E-state index in [9.17, 15) is 9.59 Å². The molecule has 0 aliphatic heterocycles. The zero-order chi connectivity index (χ0) is 14.5. The fourth-order valence-electron chi connectivity index (χ4n) is 1.33. The van der Waals surface area contributed by atoms with Crippen molar-refractivity contribution in [1.29, 1.82) is 0 Å². The van der Waals surface area contributed by atoms with E-state index in [1.807, 2.05) is 6.92 Å². The number of carboxylic acids is 1. The molecule has 110 valence electrons. The van der Waals surface area contributed by atoms with Gasteiger partial charge in [0.15, 0.2) is 0 Å². The normalized spacial score (nSPS) is 9.95. The summed E-state index contributed by atoms with van der Waals surface area (Å²) in [6, 6.07) is -0.225. The highest BCUT2D eigenvalue weighted by Gasteiger charge is 1.99. The summed E-state index contributed by atoms with van der Waals surface area (Å²) in [5.41, 5.74) is 0.950. The van der Waals surface area contributed by atoms with Crippen LogP contribution in [0, 0.1) is 0 Å². The summed E-state index contributed by atoms with van der Waals surface area (Å²) in [4.78, 5) is 21.5. The number of carbonyl (C=O) groups excluding carboxylic acids is 1. The molecule has 0 bridgehead atoms. The molecular weight excluding hydrogens is 248 g/mol. The van der Waals surface area contributed by atoms with Gasteiger partial charge in [0, 0.05) is 19.5 Å². The van der Waals surface area contributed by atoms with Crippen LogP contribution in [0.5, 0.6) is 0 Å². The Labute approximate surface area is 114 Å². The molecule has 0 spiro atoms. The van der Waals surface area contributed by atoms with Crippen molar-refractivity contribution in [2.75, 3.05) is 26.3 Å². The molecule has 0 unspecified atom stereocenters. The summed E-state index contributed by atoms with van der Waals surface area (Å²) in [7, 11) is 0. The van der Waals surface area contributed by atoms with Gasteiger partial charge < -0.3 is 20.5 Å². The van der Waals surface area contributed by atoms with Crippen LogP contribution in [0.1, 0.15) is 32.6 Å². The molecule has 6 nitrogen and oxygen atoms in total. The third-order valence-corrected chi connectivity index (χ3v) is 2.23. The molecule has 0 rings (SSSR count). The number of ether oxygens (including phenoxy) is 1. The van der Waals surface area contributed by atoms with Crippen molar-refractivity contribution in [3.8, 4) is 0 Å². The molecule has 0 atom stereocenters. The molecule has 0 saturated heterocycles. The monoisotopic (exact) mass is 272 g/mol. The predicted molar refractivity (Wildman–Crippen MR) is 73.1 cm³/mol. The Kier molecular flexibility index (Phi) is 10.6. The van der Waals surface area contributed by atoms with Gasteiger partial charge in [-0.1, -0.05) is 18.6 Å². The standard InChI is InChI=1S/C13H24N2O4/c1-11(2)10-19-9-8-15-13(18)14-7-5-3-4-6-12(16)17/h1,3-10H2,2H3,(H,16,17)(H2,14,15,18).